The molecule has 0 atom stereocenters. The van der Waals surface area contributed by atoms with E-state index in [4.69, 9.17) is 0 Å². The molecule has 0 fully saturated rings. The molecule has 2 heteroatoms. The Hall–Kier alpha value is -0.0831. The summed E-state index contributed by atoms with van der Waals surface area (Å²) in [6, 6.07) is 0. The molecule has 0 aliphatic heterocycles. The largest absolute Gasteiger partial charge is 0.303 e. The van der Waals surface area contributed by atoms with Gasteiger partial charge in [-0.15, -0.1) is 0 Å². The van der Waals surface area contributed by atoms with Crippen molar-refractivity contribution in [2.24, 2.45) is 0 Å². The van der Waals surface area contributed by atoms with Gasteiger partial charge in [0, 0.05) is 16.8 Å². The Morgan fingerprint density at radius 1 is 1.27 bits per heavy atom. The quantitative estimate of drug-likeness (QED) is 0.477. The van der Waals surface area contributed by atoms with E-state index < -0.39 is 0 Å². The maximum Gasteiger partial charge on any atom is 0.0151 e. The van der Waals surface area contributed by atoms with Crippen molar-refractivity contribution >= 4 is 10.2 Å². The molecule has 0 spiro atoms. The van der Waals surface area contributed by atoms with Gasteiger partial charge in [-0.1, -0.05) is 39.3 Å². The summed E-state index contributed by atoms with van der Waals surface area (Å²) in [5, 5.41) is 0.473. The van der Waals surface area contributed by atoms with E-state index in [-0.39, 0.29) is 0 Å². The Morgan fingerprint density at radius 2 is 1.87 bits per heavy atom. The van der Waals surface area contributed by atoms with Gasteiger partial charge < -0.3 is 4.90 Å². The van der Waals surface area contributed by atoms with E-state index in [0.717, 1.165) is 0 Å². The van der Waals surface area contributed by atoms with Crippen LogP contribution in [0.5, 0.6) is 0 Å². The van der Waals surface area contributed by atoms with Crippen LogP contribution in [-0.2, 0) is 0 Å². The minimum Gasteiger partial charge on any atom is -0.303 e. The first-order chi connectivity index (χ1) is 6.95. The van der Waals surface area contributed by atoms with Gasteiger partial charge >= 0.3 is 0 Å². The van der Waals surface area contributed by atoms with Gasteiger partial charge in [0.15, 0.2) is 0 Å². The molecule has 0 heterocycles. The molecule has 0 aliphatic carbocycles. The summed E-state index contributed by atoms with van der Waals surface area (Å²) in [4.78, 5) is 2.55. The van der Waals surface area contributed by atoms with E-state index >= 15 is 0 Å². The minimum absolute atomic E-state index is 0.473. The lowest BCUT2D eigenvalue weighted by Gasteiger charge is -2.26. The van der Waals surface area contributed by atoms with Crippen molar-refractivity contribution < 1.29 is 0 Å². The number of hydrogen-bond donors (Lipinski definition) is 0. The summed E-state index contributed by atoms with van der Waals surface area (Å²) < 4.78 is 0. The fraction of sp³-hybridized carbons (Fsp3) is 0.846. The number of allylic oxidation sites excluding steroid dienone is 1. The van der Waals surface area contributed by atoms with Crippen molar-refractivity contribution in [3.8, 4) is 0 Å². The Balaban J connectivity index is 4.11. The molecule has 0 aromatic carbocycles. The van der Waals surface area contributed by atoms with E-state index in [0.29, 0.717) is 5.04 Å². The maximum absolute atomic E-state index is 2.55. The molecule has 0 saturated carbocycles. The van der Waals surface area contributed by atoms with Gasteiger partial charge in [-0.25, -0.2) is 0 Å². The first-order valence-corrected chi connectivity index (χ1v) is 7.33. The molecule has 0 unspecified atom stereocenters. The van der Waals surface area contributed by atoms with Crippen LogP contribution in [-0.4, -0.2) is 34.8 Å². The summed E-state index contributed by atoms with van der Waals surface area (Å²) in [6.07, 6.45) is 4.84. The van der Waals surface area contributed by atoms with Crippen LogP contribution in [0.4, 0.5) is 0 Å². The van der Waals surface area contributed by atoms with Crippen LogP contribution in [0.2, 0.25) is 5.04 Å². The normalized spacial score (nSPS) is 13.9. The van der Waals surface area contributed by atoms with E-state index in [1.54, 1.807) is 5.57 Å². The molecule has 90 valence electrons. The van der Waals surface area contributed by atoms with E-state index in [9.17, 15) is 0 Å². The molecule has 0 rings (SSSR count). The van der Waals surface area contributed by atoms with Crippen molar-refractivity contribution in [3.05, 3.63) is 11.6 Å². The fourth-order valence-electron chi connectivity index (χ4n) is 1.98. The Labute approximate surface area is 99.4 Å². The Kier molecular flexibility index (Phi) is 7.19. The topological polar surface area (TPSA) is 3.24 Å². The third-order valence-electron chi connectivity index (χ3n) is 3.00. The van der Waals surface area contributed by atoms with E-state index in [1.165, 1.54) is 42.7 Å². The van der Waals surface area contributed by atoms with Crippen LogP contribution in [0.25, 0.3) is 0 Å². The molecule has 15 heavy (non-hydrogen) atoms. The van der Waals surface area contributed by atoms with Gasteiger partial charge in [-0.3, -0.25) is 0 Å². The second-order valence-corrected chi connectivity index (χ2v) is 7.75. The Morgan fingerprint density at radius 3 is 2.20 bits per heavy atom. The average Bonchev–Trinajstić information content (AvgIpc) is 2.15. The second kappa shape index (κ2) is 7.23. The van der Waals surface area contributed by atoms with Gasteiger partial charge in [-0.05, 0) is 37.9 Å². The van der Waals surface area contributed by atoms with Gasteiger partial charge in [0.1, 0.15) is 0 Å². The molecular weight excluding hydrogens is 198 g/mol. The smallest absolute Gasteiger partial charge is 0.0151 e. The van der Waals surface area contributed by atoms with Gasteiger partial charge in [0.05, 0.1) is 0 Å². The summed E-state index contributed by atoms with van der Waals surface area (Å²) in [7, 11) is 1.25. The van der Waals surface area contributed by atoms with Crippen molar-refractivity contribution in [1.82, 2.24) is 4.90 Å². The van der Waals surface area contributed by atoms with Crippen LogP contribution in [0.15, 0.2) is 11.6 Å². The molecule has 0 radical (unpaired) electrons. The first-order valence-electron chi connectivity index (χ1n) is 6.33. The summed E-state index contributed by atoms with van der Waals surface area (Å²) in [5.41, 5.74) is 1.64. The highest BCUT2D eigenvalue weighted by molar-refractivity contribution is 6.16. The SMILES string of the molecule is CC=C(CCN(CC)CCC)C(C)(C)[SiH3]. The van der Waals surface area contributed by atoms with Crippen LogP contribution in [0.3, 0.4) is 0 Å². The Bertz CT molecular complexity index is 191. The molecule has 0 bridgehead atoms. The standard InChI is InChI=1S/C13H29NSi/c1-6-10-14(8-3)11-9-12(7-2)13(4,5)15/h7H,6,8-11H2,1-5,15H3. The molecule has 0 amide bonds. The van der Waals surface area contributed by atoms with Gasteiger partial charge in [0.25, 0.3) is 0 Å². The zero-order valence-corrected chi connectivity index (χ0v) is 13.6. The molecule has 0 saturated heterocycles. The van der Waals surface area contributed by atoms with Gasteiger partial charge in [-0.2, -0.15) is 0 Å². The van der Waals surface area contributed by atoms with Crippen molar-refractivity contribution in [1.29, 1.82) is 0 Å². The number of nitrogens with zero attached hydrogens (tertiary/aromatic N) is 1. The molecular formula is C13H29NSi. The minimum atomic E-state index is 0.473. The maximum atomic E-state index is 2.55. The lowest BCUT2D eigenvalue weighted by molar-refractivity contribution is 0.290. The van der Waals surface area contributed by atoms with Crippen molar-refractivity contribution in [2.75, 3.05) is 19.6 Å². The van der Waals surface area contributed by atoms with Crippen LogP contribution >= 0.6 is 0 Å². The number of hydrogen-bond acceptors (Lipinski definition) is 1. The van der Waals surface area contributed by atoms with Gasteiger partial charge in [0.2, 0.25) is 0 Å². The first kappa shape index (κ1) is 14.9. The van der Waals surface area contributed by atoms with Crippen LogP contribution < -0.4 is 0 Å². The highest BCUT2D eigenvalue weighted by atomic mass is 28.1. The molecule has 0 aliphatic rings. The van der Waals surface area contributed by atoms with Crippen LogP contribution in [0, 0.1) is 0 Å². The third-order valence-corrected chi connectivity index (χ3v) is 3.64. The molecule has 1 nitrogen and oxygen atoms in total. The zero-order chi connectivity index (χ0) is 11.9. The van der Waals surface area contributed by atoms with E-state index in [2.05, 4.69) is 45.6 Å². The highest BCUT2D eigenvalue weighted by Gasteiger charge is 2.16. The molecule has 0 N–H and O–H groups in total. The van der Waals surface area contributed by atoms with Crippen molar-refractivity contribution in [3.63, 3.8) is 0 Å². The lowest BCUT2D eigenvalue weighted by atomic mass is 9.98. The second-order valence-electron chi connectivity index (χ2n) is 5.25. The lowest BCUT2D eigenvalue weighted by Crippen LogP contribution is -2.26. The average molecular weight is 227 g/mol. The van der Waals surface area contributed by atoms with E-state index in [1.807, 2.05) is 0 Å². The summed E-state index contributed by atoms with van der Waals surface area (Å²) in [6.45, 7) is 15.1. The monoisotopic (exact) mass is 227 g/mol. The predicted molar refractivity (Wildman–Crippen MR) is 74.8 cm³/mol. The molecule has 0 aromatic heterocycles. The summed E-state index contributed by atoms with van der Waals surface area (Å²) >= 11 is 0. The summed E-state index contributed by atoms with van der Waals surface area (Å²) in [5.74, 6) is 0. The third kappa shape index (κ3) is 6.16. The highest BCUT2D eigenvalue weighted by Crippen LogP contribution is 2.32. The fourth-order valence-corrected chi connectivity index (χ4v) is 2.51. The predicted octanol–water partition coefficient (Wildman–Crippen LogP) is 2.62. The zero-order valence-electron chi connectivity index (χ0n) is 11.6. The molecule has 0 aromatic rings. The van der Waals surface area contributed by atoms with Crippen molar-refractivity contribution in [2.45, 2.75) is 52.5 Å². The number of rotatable bonds is 7. The van der Waals surface area contributed by atoms with Crippen LogP contribution in [0.1, 0.15) is 47.5 Å².